The lowest BCUT2D eigenvalue weighted by Crippen LogP contribution is -2.35. The lowest BCUT2D eigenvalue weighted by atomic mass is 10.1. The van der Waals surface area contributed by atoms with Crippen LogP contribution in [0.15, 0.2) is 23.1 Å². The molecule has 1 rings (SSSR count). The summed E-state index contributed by atoms with van der Waals surface area (Å²) in [5.41, 5.74) is 1.06. The normalized spacial score (nSPS) is 11.8. The molecule has 90 valence electrons. The summed E-state index contributed by atoms with van der Waals surface area (Å²) in [5.74, 6) is 0.788. The van der Waals surface area contributed by atoms with E-state index in [1.54, 1.807) is 6.07 Å². The van der Waals surface area contributed by atoms with Crippen molar-refractivity contribution in [1.29, 1.82) is 0 Å². The lowest BCUT2D eigenvalue weighted by Gasteiger charge is -2.20. The van der Waals surface area contributed by atoms with Crippen LogP contribution in [0.5, 0.6) is 0 Å². The maximum absolute atomic E-state index is 13.6. The van der Waals surface area contributed by atoms with E-state index in [9.17, 15) is 4.39 Å². The van der Waals surface area contributed by atoms with Gasteiger partial charge in [0.25, 0.3) is 0 Å². The predicted octanol–water partition coefficient (Wildman–Crippen LogP) is 3.83. The Bertz CT molecular complexity index is 344. The van der Waals surface area contributed by atoms with Crippen LogP contribution in [-0.2, 0) is 6.54 Å². The van der Waals surface area contributed by atoms with Crippen LogP contribution in [0.3, 0.4) is 0 Å². The molecule has 0 fully saturated rings. The van der Waals surface area contributed by atoms with E-state index in [2.05, 4.69) is 26.1 Å². The molecular weight excluding hydrogens is 221 g/mol. The van der Waals surface area contributed by atoms with Crippen LogP contribution in [0.25, 0.3) is 0 Å². The summed E-state index contributed by atoms with van der Waals surface area (Å²) in [4.78, 5) is 0.738. The zero-order chi connectivity index (χ0) is 12.2. The topological polar surface area (TPSA) is 12.0 Å². The summed E-state index contributed by atoms with van der Waals surface area (Å²) in [6.45, 7) is 9.04. The molecule has 0 amide bonds. The van der Waals surface area contributed by atoms with Crippen molar-refractivity contribution in [2.75, 3.05) is 5.75 Å². The summed E-state index contributed by atoms with van der Waals surface area (Å²) in [6, 6.07) is 5.47. The van der Waals surface area contributed by atoms with Crippen molar-refractivity contribution in [3.8, 4) is 0 Å². The first kappa shape index (κ1) is 13.5. The SMILES string of the molecule is CCSc1ccc(CNC(C)(C)C)cc1F. The smallest absolute Gasteiger partial charge is 0.137 e. The van der Waals surface area contributed by atoms with Gasteiger partial charge >= 0.3 is 0 Å². The van der Waals surface area contributed by atoms with Crippen molar-refractivity contribution >= 4 is 11.8 Å². The first-order valence-corrected chi connectivity index (χ1v) is 6.57. The molecule has 0 unspecified atom stereocenters. The van der Waals surface area contributed by atoms with Crippen LogP contribution < -0.4 is 5.32 Å². The van der Waals surface area contributed by atoms with E-state index in [0.717, 1.165) is 16.2 Å². The van der Waals surface area contributed by atoms with Gasteiger partial charge in [0.15, 0.2) is 0 Å². The van der Waals surface area contributed by atoms with Crippen molar-refractivity contribution < 1.29 is 4.39 Å². The number of benzene rings is 1. The van der Waals surface area contributed by atoms with Gasteiger partial charge in [0.2, 0.25) is 0 Å². The molecule has 0 aromatic heterocycles. The van der Waals surface area contributed by atoms with Crippen LogP contribution >= 0.6 is 11.8 Å². The minimum atomic E-state index is -0.111. The number of hydrogen-bond donors (Lipinski definition) is 1. The molecule has 0 saturated heterocycles. The van der Waals surface area contributed by atoms with Gasteiger partial charge in [0.1, 0.15) is 5.82 Å². The number of nitrogens with one attached hydrogen (secondary N) is 1. The Morgan fingerprint density at radius 2 is 2.00 bits per heavy atom. The maximum atomic E-state index is 13.6. The van der Waals surface area contributed by atoms with E-state index in [1.807, 2.05) is 19.1 Å². The highest BCUT2D eigenvalue weighted by atomic mass is 32.2. The highest BCUT2D eigenvalue weighted by molar-refractivity contribution is 7.99. The third-order valence-corrected chi connectivity index (χ3v) is 3.05. The van der Waals surface area contributed by atoms with Crippen LogP contribution in [-0.4, -0.2) is 11.3 Å². The maximum Gasteiger partial charge on any atom is 0.137 e. The Labute approximate surface area is 102 Å². The van der Waals surface area contributed by atoms with Gasteiger partial charge in [-0.2, -0.15) is 0 Å². The molecule has 1 nitrogen and oxygen atoms in total. The van der Waals surface area contributed by atoms with Gasteiger partial charge in [-0.1, -0.05) is 13.0 Å². The second kappa shape index (κ2) is 5.69. The number of thioether (sulfide) groups is 1. The first-order valence-electron chi connectivity index (χ1n) is 5.58. The molecule has 0 aliphatic heterocycles. The molecule has 0 radical (unpaired) electrons. The summed E-state index contributed by atoms with van der Waals surface area (Å²) in [7, 11) is 0. The molecule has 0 aliphatic rings. The van der Waals surface area contributed by atoms with Crippen LogP contribution in [0.4, 0.5) is 4.39 Å². The third kappa shape index (κ3) is 4.54. The minimum absolute atomic E-state index is 0.0628. The average molecular weight is 241 g/mol. The van der Waals surface area contributed by atoms with E-state index in [4.69, 9.17) is 0 Å². The second-order valence-corrected chi connectivity index (χ2v) is 6.11. The number of hydrogen-bond acceptors (Lipinski definition) is 2. The highest BCUT2D eigenvalue weighted by Crippen LogP contribution is 2.22. The summed E-state index contributed by atoms with van der Waals surface area (Å²) >= 11 is 1.54. The van der Waals surface area contributed by atoms with E-state index in [1.165, 1.54) is 11.8 Å². The van der Waals surface area contributed by atoms with Crippen LogP contribution in [0.2, 0.25) is 0 Å². The monoisotopic (exact) mass is 241 g/mol. The Hall–Kier alpha value is -0.540. The molecule has 0 saturated carbocycles. The average Bonchev–Trinajstić information content (AvgIpc) is 2.18. The van der Waals surface area contributed by atoms with Gasteiger partial charge in [-0.25, -0.2) is 4.39 Å². The van der Waals surface area contributed by atoms with E-state index in [-0.39, 0.29) is 11.4 Å². The van der Waals surface area contributed by atoms with Crippen molar-refractivity contribution in [1.82, 2.24) is 5.32 Å². The van der Waals surface area contributed by atoms with E-state index >= 15 is 0 Å². The largest absolute Gasteiger partial charge is 0.308 e. The van der Waals surface area contributed by atoms with Crippen LogP contribution in [0, 0.1) is 5.82 Å². The third-order valence-electron chi connectivity index (χ3n) is 2.12. The Balaban J connectivity index is 2.66. The lowest BCUT2D eigenvalue weighted by molar-refractivity contribution is 0.423. The molecule has 3 heteroatoms. The molecule has 0 heterocycles. The quantitative estimate of drug-likeness (QED) is 0.804. The standard InChI is InChI=1S/C13H20FNS/c1-5-16-12-7-6-10(8-11(12)14)9-15-13(2,3)4/h6-8,15H,5,9H2,1-4H3. The van der Waals surface area contributed by atoms with Gasteiger partial charge < -0.3 is 5.32 Å². The van der Waals surface area contributed by atoms with Crippen molar-refractivity contribution in [3.05, 3.63) is 29.6 Å². The van der Waals surface area contributed by atoms with E-state index in [0.29, 0.717) is 6.54 Å². The first-order chi connectivity index (χ1) is 7.42. The number of rotatable bonds is 4. The molecule has 1 aromatic rings. The fourth-order valence-electron chi connectivity index (χ4n) is 1.29. The number of halogens is 1. The van der Waals surface area contributed by atoms with Gasteiger partial charge in [-0.05, 0) is 44.2 Å². The molecule has 0 bridgehead atoms. The fraction of sp³-hybridized carbons (Fsp3) is 0.538. The Kier molecular flexibility index (Phi) is 4.81. The Morgan fingerprint density at radius 1 is 1.31 bits per heavy atom. The van der Waals surface area contributed by atoms with Crippen molar-refractivity contribution in [2.45, 2.75) is 44.7 Å². The van der Waals surface area contributed by atoms with Crippen LogP contribution in [0.1, 0.15) is 33.3 Å². The van der Waals surface area contributed by atoms with Gasteiger partial charge in [0, 0.05) is 17.0 Å². The summed E-state index contributed by atoms with van der Waals surface area (Å²) in [5, 5.41) is 3.34. The summed E-state index contributed by atoms with van der Waals surface area (Å²) < 4.78 is 13.6. The molecular formula is C13H20FNS. The molecule has 1 aromatic carbocycles. The van der Waals surface area contributed by atoms with Crippen molar-refractivity contribution in [3.63, 3.8) is 0 Å². The van der Waals surface area contributed by atoms with Gasteiger partial charge in [-0.15, -0.1) is 11.8 Å². The minimum Gasteiger partial charge on any atom is -0.308 e. The molecule has 1 N–H and O–H groups in total. The van der Waals surface area contributed by atoms with E-state index < -0.39 is 0 Å². The zero-order valence-electron chi connectivity index (χ0n) is 10.4. The van der Waals surface area contributed by atoms with Gasteiger partial charge in [-0.3, -0.25) is 0 Å². The zero-order valence-corrected chi connectivity index (χ0v) is 11.2. The second-order valence-electron chi connectivity index (χ2n) is 4.80. The molecule has 16 heavy (non-hydrogen) atoms. The van der Waals surface area contributed by atoms with Gasteiger partial charge in [0.05, 0.1) is 0 Å². The van der Waals surface area contributed by atoms with Crippen molar-refractivity contribution in [2.24, 2.45) is 0 Å². The molecule has 0 spiro atoms. The predicted molar refractivity (Wildman–Crippen MR) is 69.4 cm³/mol. The Morgan fingerprint density at radius 3 is 2.50 bits per heavy atom. The summed E-state index contributed by atoms with van der Waals surface area (Å²) in [6.07, 6.45) is 0. The fourth-order valence-corrected chi connectivity index (χ4v) is 1.97. The highest BCUT2D eigenvalue weighted by Gasteiger charge is 2.09. The molecule has 0 aliphatic carbocycles. The molecule has 0 atom stereocenters.